The van der Waals surface area contributed by atoms with Gasteiger partial charge in [0.1, 0.15) is 0 Å². The first-order chi connectivity index (χ1) is 8.85. The summed E-state index contributed by atoms with van der Waals surface area (Å²) in [6.45, 7) is 12.5. The fraction of sp³-hybridized carbons (Fsp3) is 1.00. The Kier molecular flexibility index (Phi) is 14.8. The van der Waals surface area contributed by atoms with Gasteiger partial charge >= 0.3 is 0 Å². The van der Waals surface area contributed by atoms with Crippen molar-refractivity contribution in [2.75, 3.05) is 46.0 Å². The van der Waals surface area contributed by atoms with E-state index in [1.54, 1.807) is 0 Å². The zero-order valence-electron chi connectivity index (χ0n) is 12.5. The molecule has 110 valence electrons. The first-order valence-electron chi connectivity index (χ1n) is 7.45. The second-order valence-corrected chi connectivity index (χ2v) is 4.42. The van der Waals surface area contributed by atoms with Gasteiger partial charge in [-0.3, -0.25) is 0 Å². The minimum atomic E-state index is 0.255. The summed E-state index contributed by atoms with van der Waals surface area (Å²) in [4.78, 5) is 0. The van der Waals surface area contributed by atoms with E-state index in [4.69, 9.17) is 9.47 Å². The van der Waals surface area contributed by atoms with Crippen molar-refractivity contribution in [2.24, 2.45) is 0 Å². The Morgan fingerprint density at radius 1 is 0.944 bits per heavy atom. The summed E-state index contributed by atoms with van der Waals surface area (Å²) in [5.74, 6) is 0. The quantitative estimate of drug-likeness (QED) is 0.467. The van der Waals surface area contributed by atoms with Gasteiger partial charge in [-0.2, -0.15) is 0 Å². The van der Waals surface area contributed by atoms with E-state index in [1.807, 2.05) is 0 Å². The van der Waals surface area contributed by atoms with E-state index < -0.39 is 0 Å². The molecule has 2 N–H and O–H groups in total. The fourth-order valence-electron chi connectivity index (χ4n) is 1.66. The largest absolute Gasteiger partial charge is 0.377 e. The van der Waals surface area contributed by atoms with E-state index in [9.17, 15) is 0 Å². The van der Waals surface area contributed by atoms with Crippen molar-refractivity contribution in [3.8, 4) is 0 Å². The summed E-state index contributed by atoms with van der Waals surface area (Å²) in [5, 5.41) is 6.52. The number of ether oxygens (including phenoxy) is 2. The van der Waals surface area contributed by atoms with Crippen molar-refractivity contribution in [3.05, 3.63) is 0 Å². The molecule has 18 heavy (non-hydrogen) atoms. The van der Waals surface area contributed by atoms with Crippen molar-refractivity contribution in [2.45, 2.75) is 46.1 Å². The highest BCUT2D eigenvalue weighted by Gasteiger charge is 2.08. The molecule has 0 aromatic carbocycles. The van der Waals surface area contributed by atoms with Gasteiger partial charge in [-0.25, -0.2) is 0 Å². The maximum absolute atomic E-state index is 5.84. The van der Waals surface area contributed by atoms with Crippen LogP contribution in [0.25, 0.3) is 0 Å². The van der Waals surface area contributed by atoms with Gasteiger partial charge in [0.2, 0.25) is 0 Å². The third kappa shape index (κ3) is 12.3. The van der Waals surface area contributed by atoms with E-state index in [0.29, 0.717) is 0 Å². The maximum Gasteiger partial charge on any atom is 0.0809 e. The number of unbranched alkanes of at least 4 members (excludes halogenated alkanes) is 1. The van der Waals surface area contributed by atoms with Gasteiger partial charge < -0.3 is 20.1 Å². The normalized spacial score (nSPS) is 12.8. The lowest BCUT2D eigenvalue weighted by atomic mass is 10.2. The molecule has 0 aromatic rings. The predicted octanol–water partition coefficient (Wildman–Crippen LogP) is 1.80. The molecule has 0 heterocycles. The monoisotopic (exact) mass is 260 g/mol. The molecule has 0 radical (unpaired) electrons. The molecule has 0 aliphatic heterocycles. The lowest BCUT2D eigenvalue weighted by Crippen LogP contribution is -2.27. The lowest BCUT2D eigenvalue weighted by Gasteiger charge is -2.18. The number of hydrogen-bond donors (Lipinski definition) is 2. The molecule has 0 bridgehead atoms. The van der Waals surface area contributed by atoms with Crippen molar-refractivity contribution in [1.29, 1.82) is 0 Å². The third-order valence-electron chi connectivity index (χ3n) is 2.74. The molecule has 1 unspecified atom stereocenters. The average Bonchev–Trinajstić information content (AvgIpc) is 2.39. The molecule has 0 aromatic heterocycles. The summed E-state index contributed by atoms with van der Waals surface area (Å²) in [6.07, 6.45) is 3.78. The molecule has 4 nitrogen and oxygen atoms in total. The van der Waals surface area contributed by atoms with Gasteiger partial charge in [0.25, 0.3) is 0 Å². The second kappa shape index (κ2) is 14.9. The van der Waals surface area contributed by atoms with Crippen LogP contribution in [0.3, 0.4) is 0 Å². The molecule has 4 heteroatoms. The molecule has 0 saturated heterocycles. The van der Waals surface area contributed by atoms with Gasteiger partial charge in [0, 0.05) is 13.1 Å². The first kappa shape index (κ1) is 17.8. The molecule has 0 spiro atoms. The Hall–Kier alpha value is -0.160. The van der Waals surface area contributed by atoms with Crippen LogP contribution in [0.5, 0.6) is 0 Å². The van der Waals surface area contributed by atoms with Crippen LogP contribution in [-0.4, -0.2) is 52.1 Å². The molecule has 1 atom stereocenters. The Morgan fingerprint density at radius 2 is 1.61 bits per heavy atom. The average molecular weight is 260 g/mol. The van der Waals surface area contributed by atoms with Crippen LogP contribution in [0.4, 0.5) is 0 Å². The molecular formula is C14H32N2O2. The molecule has 0 saturated carbocycles. The molecule has 0 aliphatic carbocycles. The van der Waals surface area contributed by atoms with E-state index in [2.05, 4.69) is 31.4 Å². The lowest BCUT2D eigenvalue weighted by molar-refractivity contribution is -0.0191. The van der Waals surface area contributed by atoms with E-state index in [0.717, 1.165) is 52.4 Å². The molecule has 0 amide bonds. The second-order valence-electron chi connectivity index (χ2n) is 4.42. The molecule has 0 fully saturated rings. The molecule has 0 rings (SSSR count). The number of rotatable bonds is 14. The van der Waals surface area contributed by atoms with Crippen LogP contribution in [0.15, 0.2) is 0 Å². The van der Waals surface area contributed by atoms with Gasteiger partial charge in [-0.05, 0) is 19.5 Å². The molecule has 0 aliphatic rings. The highest BCUT2D eigenvalue weighted by Crippen LogP contribution is 2.05. The van der Waals surface area contributed by atoms with Crippen LogP contribution in [-0.2, 0) is 9.47 Å². The smallest absolute Gasteiger partial charge is 0.0809 e. The van der Waals surface area contributed by atoms with Crippen LogP contribution in [0.1, 0.15) is 40.0 Å². The highest BCUT2D eigenvalue weighted by atomic mass is 16.5. The van der Waals surface area contributed by atoms with E-state index in [-0.39, 0.29) is 6.10 Å². The minimum absolute atomic E-state index is 0.255. The van der Waals surface area contributed by atoms with Gasteiger partial charge in [-0.15, -0.1) is 0 Å². The summed E-state index contributed by atoms with van der Waals surface area (Å²) in [5.41, 5.74) is 0. The van der Waals surface area contributed by atoms with Crippen molar-refractivity contribution in [3.63, 3.8) is 0 Å². The number of hydrogen-bond acceptors (Lipinski definition) is 4. The van der Waals surface area contributed by atoms with Crippen LogP contribution >= 0.6 is 0 Å². The summed E-state index contributed by atoms with van der Waals surface area (Å²) >= 11 is 0. The van der Waals surface area contributed by atoms with Crippen LogP contribution in [0, 0.1) is 0 Å². The van der Waals surface area contributed by atoms with Crippen molar-refractivity contribution in [1.82, 2.24) is 10.6 Å². The first-order valence-corrected chi connectivity index (χ1v) is 7.45. The minimum Gasteiger partial charge on any atom is -0.377 e. The topological polar surface area (TPSA) is 42.5 Å². The van der Waals surface area contributed by atoms with Gasteiger partial charge in [0.15, 0.2) is 0 Å². The number of nitrogens with one attached hydrogen (secondary N) is 2. The SMILES string of the molecule is CCCCC(COCCNCC)OCCNCC. The summed E-state index contributed by atoms with van der Waals surface area (Å²) in [6, 6.07) is 0. The highest BCUT2D eigenvalue weighted by molar-refractivity contribution is 4.58. The Balaban J connectivity index is 3.56. The summed E-state index contributed by atoms with van der Waals surface area (Å²) in [7, 11) is 0. The maximum atomic E-state index is 5.84. The van der Waals surface area contributed by atoms with Crippen molar-refractivity contribution >= 4 is 0 Å². The zero-order chi connectivity index (χ0) is 13.5. The Labute approximate surface area is 113 Å². The Bertz CT molecular complexity index is 157. The Morgan fingerprint density at radius 3 is 2.22 bits per heavy atom. The van der Waals surface area contributed by atoms with E-state index in [1.165, 1.54) is 12.8 Å². The van der Waals surface area contributed by atoms with Crippen molar-refractivity contribution < 1.29 is 9.47 Å². The standard InChI is InChI=1S/C14H32N2O2/c1-4-7-8-14(18-12-10-16-6-3)13-17-11-9-15-5-2/h14-16H,4-13H2,1-3H3. The predicted molar refractivity (Wildman–Crippen MR) is 77.2 cm³/mol. The molecular weight excluding hydrogens is 228 g/mol. The zero-order valence-corrected chi connectivity index (χ0v) is 12.5. The van der Waals surface area contributed by atoms with Crippen LogP contribution in [0.2, 0.25) is 0 Å². The van der Waals surface area contributed by atoms with E-state index >= 15 is 0 Å². The third-order valence-corrected chi connectivity index (χ3v) is 2.74. The summed E-state index contributed by atoms with van der Waals surface area (Å²) < 4.78 is 11.5. The van der Waals surface area contributed by atoms with Crippen LogP contribution < -0.4 is 10.6 Å². The number of likely N-dealkylation sites (N-methyl/N-ethyl adjacent to an activating group) is 2. The van der Waals surface area contributed by atoms with Gasteiger partial charge in [0.05, 0.1) is 25.9 Å². The van der Waals surface area contributed by atoms with Gasteiger partial charge in [-0.1, -0.05) is 33.6 Å². The fourth-order valence-corrected chi connectivity index (χ4v) is 1.66.